The molecule has 0 radical (unpaired) electrons. The normalized spacial score (nSPS) is 11.9. The SMILES string of the molecule is CCC(F)c1c(Cl)ccc(-c2cc(N)c(Cl)c(OC(=O)OC)n2)c1F. The fraction of sp³-hybridized carbons (Fsp3) is 0.250. The second kappa shape index (κ2) is 7.84. The van der Waals surface area contributed by atoms with E-state index in [1.54, 1.807) is 6.92 Å². The molecule has 0 saturated carbocycles. The van der Waals surface area contributed by atoms with Crippen molar-refractivity contribution in [1.82, 2.24) is 4.98 Å². The molecule has 2 rings (SSSR count). The van der Waals surface area contributed by atoms with E-state index in [9.17, 15) is 13.6 Å². The third-order valence-corrected chi connectivity index (χ3v) is 4.09. The molecular weight excluding hydrogens is 377 g/mol. The lowest BCUT2D eigenvalue weighted by atomic mass is 10.0. The second-order valence-corrected chi connectivity index (χ2v) is 5.76. The molecule has 0 saturated heterocycles. The van der Waals surface area contributed by atoms with Crippen LogP contribution in [0.4, 0.5) is 19.3 Å². The molecule has 1 atom stereocenters. The third-order valence-electron chi connectivity index (χ3n) is 3.38. The zero-order valence-electron chi connectivity index (χ0n) is 13.3. The van der Waals surface area contributed by atoms with E-state index in [-0.39, 0.29) is 44.9 Å². The van der Waals surface area contributed by atoms with Crippen molar-refractivity contribution in [2.45, 2.75) is 19.5 Å². The molecule has 2 aromatic rings. The summed E-state index contributed by atoms with van der Waals surface area (Å²) in [5.41, 5.74) is 5.41. The summed E-state index contributed by atoms with van der Waals surface area (Å²) in [4.78, 5) is 15.2. The van der Waals surface area contributed by atoms with Gasteiger partial charge in [0, 0.05) is 16.1 Å². The average Bonchev–Trinajstić information content (AvgIpc) is 2.58. The highest BCUT2D eigenvalue weighted by Gasteiger charge is 2.23. The molecule has 0 fully saturated rings. The van der Waals surface area contributed by atoms with Crippen LogP contribution in [0.25, 0.3) is 11.3 Å². The Labute approximate surface area is 152 Å². The number of halogens is 4. The average molecular weight is 391 g/mol. The Kier molecular flexibility index (Phi) is 6.02. The Hall–Kier alpha value is -2.12. The van der Waals surface area contributed by atoms with E-state index >= 15 is 0 Å². The number of aromatic nitrogens is 1. The van der Waals surface area contributed by atoms with Gasteiger partial charge in [-0.1, -0.05) is 30.1 Å². The number of methoxy groups -OCH3 is 1. The van der Waals surface area contributed by atoms with Gasteiger partial charge in [0.1, 0.15) is 17.0 Å². The van der Waals surface area contributed by atoms with Crippen molar-refractivity contribution in [3.63, 3.8) is 0 Å². The zero-order chi connectivity index (χ0) is 18.7. The Morgan fingerprint density at radius 2 is 2.08 bits per heavy atom. The summed E-state index contributed by atoms with van der Waals surface area (Å²) < 4.78 is 38.0. The van der Waals surface area contributed by atoms with Crippen LogP contribution in [0.5, 0.6) is 5.88 Å². The van der Waals surface area contributed by atoms with E-state index in [1.165, 1.54) is 18.2 Å². The number of nitrogens with zero attached hydrogens (tertiary/aromatic N) is 1. The van der Waals surface area contributed by atoms with Crippen molar-refractivity contribution < 1.29 is 23.0 Å². The lowest BCUT2D eigenvalue weighted by molar-refractivity contribution is 0.120. The minimum atomic E-state index is -1.58. The van der Waals surface area contributed by atoms with E-state index in [0.717, 1.165) is 7.11 Å². The van der Waals surface area contributed by atoms with Crippen molar-refractivity contribution in [3.8, 4) is 17.1 Å². The molecule has 0 aliphatic heterocycles. The summed E-state index contributed by atoms with van der Waals surface area (Å²) in [5, 5.41) is -0.177. The first-order chi connectivity index (χ1) is 11.8. The van der Waals surface area contributed by atoms with Crippen LogP contribution in [0, 0.1) is 5.82 Å². The third kappa shape index (κ3) is 3.93. The van der Waals surface area contributed by atoms with Gasteiger partial charge in [0.2, 0.25) is 5.88 Å². The number of pyridine rings is 1. The first-order valence-electron chi connectivity index (χ1n) is 7.14. The predicted molar refractivity (Wildman–Crippen MR) is 91.2 cm³/mol. The number of rotatable bonds is 4. The van der Waals surface area contributed by atoms with Gasteiger partial charge in [0.15, 0.2) is 0 Å². The molecular formula is C16H14Cl2F2N2O3. The molecule has 0 aliphatic carbocycles. The summed E-state index contributed by atoms with van der Waals surface area (Å²) >= 11 is 11.8. The first-order valence-corrected chi connectivity index (χ1v) is 7.89. The summed E-state index contributed by atoms with van der Waals surface area (Å²) in [5.74, 6) is -1.23. The topological polar surface area (TPSA) is 74.4 Å². The molecule has 1 aromatic carbocycles. The number of nitrogens with two attached hydrogens (primary N) is 1. The fourth-order valence-corrected chi connectivity index (χ4v) is 2.51. The smallest absolute Gasteiger partial charge is 0.437 e. The number of nitrogen functional groups attached to an aromatic ring is 1. The maximum atomic E-state index is 14.8. The number of anilines is 1. The minimum Gasteiger partial charge on any atom is -0.437 e. The van der Waals surface area contributed by atoms with Crippen LogP contribution < -0.4 is 10.5 Å². The Balaban J connectivity index is 2.61. The van der Waals surface area contributed by atoms with E-state index in [1.807, 2.05) is 0 Å². The highest BCUT2D eigenvalue weighted by Crippen LogP contribution is 2.38. The van der Waals surface area contributed by atoms with Crippen LogP contribution in [0.3, 0.4) is 0 Å². The monoisotopic (exact) mass is 390 g/mol. The lowest BCUT2D eigenvalue weighted by Gasteiger charge is -2.14. The fourth-order valence-electron chi connectivity index (χ4n) is 2.11. The number of hydrogen-bond acceptors (Lipinski definition) is 5. The number of alkyl halides is 1. The maximum absolute atomic E-state index is 14.8. The summed E-state index contributed by atoms with van der Waals surface area (Å²) in [6, 6.07) is 3.95. The molecule has 25 heavy (non-hydrogen) atoms. The van der Waals surface area contributed by atoms with Crippen LogP contribution in [0.2, 0.25) is 10.0 Å². The Morgan fingerprint density at radius 3 is 2.68 bits per heavy atom. The van der Waals surface area contributed by atoms with Gasteiger partial charge in [-0.25, -0.2) is 18.6 Å². The first kappa shape index (κ1) is 19.2. The maximum Gasteiger partial charge on any atom is 0.514 e. The number of carbonyl (C=O) groups is 1. The van der Waals surface area contributed by atoms with Crippen molar-refractivity contribution in [3.05, 3.63) is 39.6 Å². The highest BCUT2D eigenvalue weighted by molar-refractivity contribution is 6.34. The molecule has 2 N–H and O–H groups in total. The number of benzene rings is 1. The molecule has 5 nitrogen and oxygen atoms in total. The van der Waals surface area contributed by atoms with Gasteiger partial charge in [-0.15, -0.1) is 0 Å². The van der Waals surface area contributed by atoms with E-state index < -0.39 is 18.1 Å². The van der Waals surface area contributed by atoms with Crippen molar-refractivity contribution in [2.24, 2.45) is 0 Å². The minimum absolute atomic E-state index is 0.000442. The van der Waals surface area contributed by atoms with Gasteiger partial charge < -0.3 is 15.2 Å². The predicted octanol–water partition coefficient (Wildman–Crippen LogP) is 5.34. The quantitative estimate of drug-likeness (QED) is 0.712. The van der Waals surface area contributed by atoms with E-state index in [4.69, 9.17) is 33.7 Å². The molecule has 0 spiro atoms. The van der Waals surface area contributed by atoms with Crippen LogP contribution in [-0.4, -0.2) is 18.2 Å². The molecule has 1 aromatic heterocycles. The van der Waals surface area contributed by atoms with Crippen LogP contribution in [0.15, 0.2) is 18.2 Å². The van der Waals surface area contributed by atoms with Gasteiger partial charge >= 0.3 is 6.16 Å². The van der Waals surface area contributed by atoms with E-state index in [0.29, 0.717) is 0 Å². The van der Waals surface area contributed by atoms with Gasteiger partial charge in [-0.3, -0.25) is 0 Å². The van der Waals surface area contributed by atoms with Gasteiger partial charge in [-0.2, -0.15) is 0 Å². The van der Waals surface area contributed by atoms with E-state index in [2.05, 4.69) is 9.72 Å². The molecule has 1 unspecified atom stereocenters. The van der Waals surface area contributed by atoms with Crippen molar-refractivity contribution in [1.29, 1.82) is 0 Å². The lowest BCUT2D eigenvalue weighted by Crippen LogP contribution is -2.10. The molecule has 0 aliphatic rings. The molecule has 134 valence electrons. The zero-order valence-corrected chi connectivity index (χ0v) is 14.8. The number of carbonyl (C=O) groups excluding carboxylic acids is 1. The Morgan fingerprint density at radius 1 is 1.40 bits per heavy atom. The van der Waals surface area contributed by atoms with Gasteiger partial charge in [0.05, 0.1) is 18.5 Å². The number of hydrogen-bond donors (Lipinski definition) is 1. The van der Waals surface area contributed by atoms with Crippen LogP contribution in [0.1, 0.15) is 25.1 Å². The summed E-state index contributed by atoms with van der Waals surface area (Å²) in [6.45, 7) is 1.56. The second-order valence-electron chi connectivity index (χ2n) is 4.97. The van der Waals surface area contributed by atoms with Gasteiger partial charge in [0.25, 0.3) is 0 Å². The summed E-state index contributed by atoms with van der Waals surface area (Å²) in [7, 11) is 1.10. The molecule has 0 bridgehead atoms. The highest BCUT2D eigenvalue weighted by atomic mass is 35.5. The van der Waals surface area contributed by atoms with Gasteiger partial charge in [-0.05, 0) is 24.6 Å². The van der Waals surface area contributed by atoms with Crippen LogP contribution >= 0.6 is 23.2 Å². The van der Waals surface area contributed by atoms with Crippen molar-refractivity contribution >= 4 is 35.0 Å². The largest absolute Gasteiger partial charge is 0.514 e. The van der Waals surface area contributed by atoms with Crippen molar-refractivity contribution in [2.75, 3.05) is 12.8 Å². The Bertz CT molecular complexity index is 818. The number of ether oxygens (including phenoxy) is 2. The molecule has 1 heterocycles. The molecule has 0 amide bonds. The molecule has 9 heteroatoms. The summed E-state index contributed by atoms with van der Waals surface area (Å²) in [6.07, 6.45) is -2.60. The van der Waals surface area contributed by atoms with Crippen LogP contribution in [-0.2, 0) is 4.74 Å². The standard InChI is InChI=1S/C16H14Cl2F2N2O3/c1-3-9(19)12-8(17)5-4-7(14(12)20)11-6-10(21)13(18)15(22-11)25-16(23)24-2/h4-6,9H,3H2,1-2H3,(H2,21,22).